The Morgan fingerprint density at radius 3 is 2.37 bits per heavy atom. The van der Waals surface area contributed by atoms with E-state index in [0.717, 1.165) is 0 Å². The molecule has 0 unspecified atom stereocenters. The average Bonchev–Trinajstić information content (AvgIpc) is 3.30. The van der Waals surface area contributed by atoms with E-state index in [2.05, 4.69) is 4.72 Å². The molecule has 0 radical (unpaired) electrons. The summed E-state index contributed by atoms with van der Waals surface area (Å²) >= 11 is 0. The first kappa shape index (κ1) is 12.9. The molecule has 2 aliphatic rings. The summed E-state index contributed by atoms with van der Waals surface area (Å²) < 4.78 is 31.6. The van der Waals surface area contributed by atoms with Crippen LogP contribution in [0.2, 0.25) is 0 Å². The second kappa shape index (κ2) is 4.76. The summed E-state index contributed by atoms with van der Waals surface area (Å²) in [6, 6.07) is 2.68. The van der Waals surface area contributed by atoms with Crippen molar-refractivity contribution >= 4 is 16.3 Å². The van der Waals surface area contributed by atoms with Crippen molar-refractivity contribution in [3.05, 3.63) is 17.9 Å². The van der Waals surface area contributed by atoms with E-state index in [1.807, 2.05) is 0 Å². The Labute approximate surface area is 112 Å². The number of furan rings is 1. The van der Waals surface area contributed by atoms with Crippen LogP contribution in [0.25, 0.3) is 0 Å². The van der Waals surface area contributed by atoms with Crippen molar-refractivity contribution < 1.29 is 17.6 Å². The van der Waals surface area contributed by atoms with Gasteiger partial charge in [0.1, 0.15) is 0 Å². The number of nitrogens with one attached hydrogen (secondary N) is 1. The number of sulfonamides is 1. The largest absolute Gasteiger partial charge is 0.440 e. The molecule has 3 rings (SSSR count). The minimum atomic E-state index is -3.63. The van der Waals surface area contributed by atoms with Gasteiger partial charge in [-0.3, -0.25) is 4.79 Å². The molecule has 0 atom stereocenters. The van der Waals surface area contributed by atoms with Gasteiger partial charge in [0.15, 0.2) is 12.0 Å². The Bertz CT molecular complexity index is 557. The molecule has 1 N–H and O–H groups in total. The van der Waals surface area contributed by atoms with Crippen molar-refractivity contribution in [2.24, 2.45) is 17.8 Å². The molecule has 0 spiro atoms. The van der Waals surface area contributed by atoms with Gasteiger partial charge in [-0.05, 0) is 55.6 Å². The van der Waals surface area contributed by atoms with Crippen LogP contribution in [-0.2, 0) is 10.0 Å². The van der Waals surface area contributed by atoms with E-state index < -0.39 is 10.0 Å². The van der Waals surface area contributed by atoms with Gasteiger partial charge in [0.25, 0.3) is 10.0 Å². The fraction of sp³-hybridized carbons (Fsp3) is 0.615. The van der Waals surface area contributed by atoms with Crippen molar-refractivity contribution in [2.75, 3.05) is 6.54 Å². The number of carbonyl (C=O) groups excluding carboxylic acids is 1. The first-order valence-electron chi connectivity index (χ1n) is 6.65. The fourth-order valence-corrected chi connectivity index (χ4v) is 3.59. The van der Waals surface area contributed by atoms with Crippen LogP contribution in [0.1, 0.15) is 36.2 Å². The third kappa shape index (κ3) is 2.90. The topological polar surface area (TPSA) is 76.4 Å². The Balaban J connectivity index is 1.65. The second-order valence-corrected chi connectivity index (χ2v) is 7.16. The summed E-state index contributed by atoms with van der Waals surface area (Å²) in [6.07, 6.45) is 5.38. The molecule has 5 nitrogen and oxygen atoms in total. The SMILES string of the molecule is O=Cc1ccc(S(=O)(=O)NCC(C2CC2)C2CC2)o1. The molecule has 0 aliphatic heterocycles. The quantitative estimate of drug-likeness (QED) is 0.774. The molecular formula is C13H17NO4S. The van der Waals surface area contributed by atoms with E-state index >= 15 is 0 Å². The number of carbonyl (C=O) groups is 1. The molecule has 104 valence electrons. The van der Waals surface area contributed by atoms with Crippen LogP contribution in [-0.4, -0.2) is 21.2 Å². The fourth-order valence-electron chi connectivity index (χ4n) is 2.59. The predicted octanol–water partition coefficient (Wildman–Crippen LogP) is 1.81. The zero-order valence-electron chi connectivity index (χ0n) is 10.5. The lowest BCUT2D eigenvalue weighted by Crippen LogP contribution is -2.31. The average molecular weight is 283 g/mol. The van der Waals surface area contributed by atoms with Crippen LogP contribution in [0.3, 0.4) is 0 Å². The van der Waals surface area contributed by atoms with Gasteiger partial charge in [-0.25, -0.2) is 13.1 Å². The lowest BCUT2D eigenvalue weighted by molar-refractivity contribution is 0.109. The minimum Gasteiger partial charge on any atom is -0.440 e. The van der Waals surface area contributed by atoms with E-state index in [9.17, 15) is 13.2 Å². The van der Waals surface area contributed by atoms with Crippen molar-refractivity contribution in [2.45, 2.75) is 30.8 Å². The van der Waals surface area contributed by atoms with Gasteiger partial charge in [-0.2, -0.15) is 0 Å². The van der Waals surface area contributed by atoms with Crippen molar-refractivity contribution in [1.29, 1.82) is 0 Å². The van der Waals surface area contributed by atoms with Crippen LogP contribution < -0.4 is 4.72 Å². The summed E-state index contributed by atoms with van der Waals surface area (Å²) in [7, 11) is -3.63. The number of aldehydes is 1. The maximum Gasteiger partial charge on any atom is 0.273 e. The van der Waals surface area contributed by atoms with Crippen LogP contribution in [0, 0.1) is 17.8 Å². The Kier molecular flexibility index (Phi) is 3.22. The molecule has 0 aromatic carbocycles. The summed E-state index contributed by atoms with van der Waals surface area (Å²) in [5, 5.41) is -0.181. The Morgan fingerprint density at radius 2 is 1.89 bits per heavy atom. The van der Waals surface area contributed by atoms with Crippen molar-refractivity contribution in [3.8, 4) is 0 Å². The van der Waals surface area contributed by atoms with Crippen molar-refractivity contribution in [1.82, 2.24) is 4.72 Å². The highest BCUT2D eigenvalue weighted by Gasteiger charge is 2.41. The summed E-state index contributed by atoms with van der Waals surface area (Å²) in [4.78, 5) is 10.5. The molecule has 2 fully saturated rings. The van der Waals surface area contributed by atoms with Crippen molar-refractivity contribution in [3.63, 3.8) is 0 Å². The van der Waals surface area contributed by atoms with Gasteiger partial charge in [-0.1, -0.05) is 0 Å². The van der Waals surface area contributed by atoms with Gasteiger partial charge in [0.2, 0.25) is 5.09 Å². The van der Waals surface area contributed by atoms with Gasteiger partial charge in [-0.15, -0.1) is 0 Å². The van der Waals surface area contributed by atoms with Gasteiger partial charge >= 0.3 is 0 Å². The summed E-state index contributed by atoms with van der Waals surface area (Å²) in [5.41, 5.74) is 0. The monoisotopic (exact) mass is 283 g/mol. The molecule has 6 heteroatoms. The third-order valence-electron chi connectivity index (χ3n) is 3.95. The van der Waals surface area contributed by atoms with Gasteiger partial charge in [0.05, 0.1) is 0 Å². The van der Waals surface area contributed by atoms with E-state index in [-0.39, 0.29) is 10.9 Å². The van der Waals surface area contributed by atoms with Crippen LogP contribution in [0.4, 0.5) is 0 Å². The van der Waals surface area contributed by atoms with Gasteiger partial charge in [0, 0.05) is 6.54 Å². The summed E-state index contributed by atoms with van der Waals surface area (Å²) in [5.74, 6) is 1.88. The van der Waals surface area contributed by atoms with Crippen LogP contribution in [0.15, 0.2) is 21.6 Å². The molecule has 0 bridgehead atoms. The molecule has 0 amide bonds. The van der Waals surface area contributed by atoms with Crippen LogP contribution >= 0.6 is 0 Å². The predicted molar refractivity (Wildman–Crippen MR) is 68.2 cm³/mol. The normalized spacial score (nSPS) is 19.8. The zero-order chi connectivity index (χ0) is 13.5. The second-order valence-electron chi connectivity index (χ2n) is 5.47. The summed E-state index contributed by atoms with van der Waals surface area (Å²) in [6.45, 7) is 0.481. The molecule has 19 heavy (non-hydrogen) atoms. The number of rotatable bonds is 7. The molecule has 1 aromatic heterocycles. The Morgan fingerprint density at radius 1 is 1.26 bits per heavy atom. The molecular weight excluding hydrogens is 266 g/mol. The first-order chi connectivity index (χ1) is 9.10. The maximum absolute atomic E-state index is 12.0. The van der Waals surface area contributed by atoms with E-state index in [1.165, 1.54) is 37.8 Å². The lowest BCUT2D eigenvalue weighted by atomic mass is 9.99. The molecule has 1 aromatic rings. The third-order valence-corrected chi connectivity index (χ3v) is 5.24. The van der Waals surface area contributed by atoms with Crippen LogP contribution in [0.5, 0.6) is 0 Å². The van der Waals surface area contributed by atoms with E-state index in [0.29, 0.717) is 30.6 Å². The number of hydrogen-bond acceptors (Lipinski definition) is 4. The minimum absolute atomic E-state index is 0.0290. The zero-order valence-corrected chi connectivity index (χ0v) is 11.4. The standard InChI is InChI=1S/C13H17NO4S/c15-8-11-5-6-13(18-11)19(16,17)14-7-12(9-1-2-9)10-3-4-10/h5-6,8-10,12,14H,1-4,7H2. The molecule has 2 saturated carbocycles. The lowest BCUT2D eigenvalue weighted by Gasteiger charge is -2.15. The smallest absolute Gasteiger partial charge is 0.273 e. The van der Waals surface area contributed by atoms with Gasteiger partial charge < -0.3 is 4.42 Å². The highest BCUT2D eigenvalue weighted by atomic mass is 32.2. The maximum atomic E-state index is 12.0. The molecule has 0 saturated heterocycles. The molecule has 1 heterocycles. The van der Waals surface area contributed by atoms with E-state index in [1.54, 1.807) is 0 Å². The molecule has 2 aliphatic carbocycles. The first-order valence-corrected chi connectivity index (χ1v) is 8.13. The highest BCUT2D eigenvalue weighted by molar-refractivity contribution is 7.89. The highest BCUT2D eigenvalue weighted by Crippen LogP contribution is 2.48. The Hall–Kier alpha value is -1.14. The van der Waals surface area contributed by atoms with E-state index in [4.69, 9.17) is 4.42 Å². The number of hydrogen-bond donors (Lipinski definition) is 1.